The van der Waals surface area contributed by atoms with Crippen molar-refractivity contribution in [1.82, 2.24) is 10.3 Å². The maximum atomic E-state index is 4.23. The summed E-state index contributed by atoms with van der Waals surface area (Å²) in [5.74, 6) is 0. The maximum Gasteiger partial charge on any atom is 0.0801 e. The SMILES string of the molecule is CCNC(C)C(C)=Cc1scnc1C. The Hall–Kier alpha value is -0.670. The van der Waals surface area contributed by atoms with Crippen molar-refractivity contribution in [1.29, 1.82) is 0 Å². The van der Waals surface area contributed by atoms with Crippen LogP contribution in [0.5, 0.6) is 0 Å². The monoisotopic (exact) mass is 210 g/mol. The van der Waals surface area contributed by atoms with Gasteiger partial charge in [-0.15, -0.1) is 11.3 Å². The smallest absolute Gasteiger partial charge is 0.0801 e. The molecular formula is C11H18N2S. The van der Waals surface area contributed by atoms with Crippen LogP contribution in [0, 0.1) is 6.92 Å². The highest BCUT2D eigenvalue weighted by molar-refractivity contribution is 7.10. The van der Waals surface area contributed by atoms with Gasteiger partial charge in [-0.05, 0) is 33.4 Å². The molecule has 2 nitrogen and oxygen atoms in total. The van der Waals surface area contributed by atoms with Gasteiger partial charge in [0.2, 0.25) is 0 Å². The molecule has 0 bridgehead atoms. The fourth-order valence-electron chi connectivity index (χ4n) is 1.25. The van der Waals surface area contributed by atoms with Crippen molar-refractivity contribution in [2.45, 2.75) is 33.7 Å². The third-order valence-electron chi connectivity index (χ3n) is 2.33. The Labute approximate surface area is 90.1 Å². The summed E-state index contributed by atoms with van der Waals surface area (Å²) in [6.07, 6.45) is 2.22. The van der Waals surface area contributed by atoms with Crippen LogP contribution in [0.1, 0.15) is 31.3 Å². The van der Waals surface area contributed by atoms with Gasteiger partial charge in [-0.2, -0.15) is 0 Å². The first-order valence-corrected chi connectivity index (χ1v) is 5.84. The minimum Gasteiger partial charge on any atom is -0.311 e. The quantitative estimate of drug-likeness (QED) is 0.826. The van der Waals surface area contributed by atoms with Crippen LogP contribution in [-0.2, 0) is 0 Å². The number of aromatic nitrogens is 1. The number of nitrogens with zero attached hydrogens (tertiary/aromatic N) is 1. The van der Waals surface area contributed by atoms with Crippen LogP contribution < -0.4 is 5.32 Å². The van der Waals surface area contributed by atoms with Crippen LogP contribution in [0.15, 0.2) is 11.1 Å². The van der Waals surface area contributed by atoms with Crippen LogP contribution >= 0.6 is 11.3 Å². The molecule has 1 N–H and O–H groups in total. The zero-order chi connectivity index (χ0) is 10.6. The number of hydrogen-bond acceptors (Lipinski definition) is 3. The molecule has 1 heterocycles. The fraction of sp³-hybridized carbons (Fsp3) is 0.545. The first-order chi connectivity index (χ1) is 6.65. The molecule has 0 aliphatic heterocycles. The second-order valence-corrected chi connectivity index (χ2v) is 4.36. The van der Waals surface area contributed by atoms with E-state index < -0.39 is 0 Å². The number of rotatable bonds is 4. The van der Waals surface area contributed by atoms with E-state index in [2.05, 4.69) is 37.1 Å². The Kier molecular flexibility index (Phi) is 4.29. The Morgan fingerprint density at radius 3 is 2.93 bits per heavy atom. The van der Waals surface area contributed by atoms with E-state index in [1.807, 2.05) is 12.4 Å². The predicted octanol–water partition coefficient (Wildman–Crippen LogP) is 2.85. The number of thiazole rings is 1. The molecule has 0 spiro atoms. The molecule has 1 aromatic heterocycles. The van der Waals surface area contributed by atoms with E-state index >= 15 is 0 Å². The van der Waals surface area contributed by atoms with Crippen molar-refractivity contribution in [2.24, 2.45) is 0 Å². The molecular weight excluding hydrogens is 192 g/mol. The second-order valence-electron chi connectivity index (χ2n) is 3.47. The normalized spacial score (nSPS) is 14.4. The third kappa shape index (κ3) is 2.93. The average molecular weight is 210 g/mol. The van der Waals surface area contributed by atoms with Crippen molar-refractivity contribution >= 4 is 17.4 Å². The van der Waals surface area contributed by atoms with Gasteiger partial charge in [-0.1, -0.05) is 12.5 Å². The van der Waals surface area contributed by atoms with E-state index in [0.29, 0.717) is 6.04 Å². The largest absolute Gasteiger partial charge is 0.311 e. The highest BCUT2D eigenvalue weighted by atomic mass is 32.1. The van der Waals surface area contributed by atoms with Gasteiger partial charge >= 0.3 is 0 Å². The Morgan fingerprint density at radius 1 is 1.71 bits per heavy atom. The summed E-state index contributed by atoms with van der Waals surface area (Å²) in [5, 5.41) is 3.39. The van der Waals surface area contributed by atoms with Crippen molar-refractivity contribution in [3.63, 3.8) is 0 Å². The minimum atomic E-state index is 0.446. The zero-order valence-corrected chi connectivity index (χ0v) is 10.1. The highest BCUT2D eigenvalue weighted by Gasteiger charge is 2.04. The maximum absolute atomic E-state index is 4.23. The predicted molar refractivity (Wildman–Crippen MR) is 63.6 cm³/mol. The van der Waals surface area contributed by atoms with Gasteiger partial charge in [0.05, 0.1) is 11.2 Å². The molecule has 0 aliphatic carbocycles. The summed E-state index contributed by atoms with van der Waals surface area (Å²) in [4.78, 5) is 5.50. The standard InChI is InChI=1S/C11H18N2S/c1-5-12-9(3)8(2)6-11-10(4)13-7-14-11/h6-7,9,12H,5H2,1-4H3. The summed E-state index contributed by atoms with van der Waals surface area (Å²) in [6, 6.07) is 0.446. The summed E-state index contributed by atoms with van der Waals surface area (Å²) in [7, 11) is 0. The third-order valence-corrected chi connectivity index (χ3v) is 3.21. The molecule has 1 rings (SSSR count). The lowest BCUT2D eigenvalue weighted by Crippen LogP contribution is -2.26. The van der Waals surface area contributed by atoms with Crippen LogP contribution in [0.4, 0.5) is 0 Å². The van der Waals surface area contributed by atoms with E-state index in [4.69, 9.17) is 0 Å². The molecule has 1 atom stereocenters. The van der Waals surface area contributed by atoms with Crippen molar-refractivity contribution in [2.75, 3.05) is 6.54 Å². The molecule has 0 radical (unpaired) electrons. The molecule has 14 heavy (non-hydrogen) atoms. The Balaban J connectivity index is 2.73. The van der Waals surface area contributed by atoms with E-state index in [0.717, 1.165) is 12.2 Å². The summed E-state index contributed by atoms with van der Waals surface area (Å²) in [5.41, 5.74) is 4.38. The van der Waals surface area contributed by atoms with Gasteiger partial charge in [0.15, 0.2) is 0 Å². The van der Waals surface area contributed by atoms with Crippen molar-refractivity contribution in [3.05, 3.63) is 21.7 Å². The fourth-order valence-corrected chi connectivity index (χ4v) is 2.05. The molecule has 0 amide bonds. The van der Waals surface area contributed by atoms with Gasteiger partial charge in [-0.3, -0.25) is 0 Å². The molecule has 0 aromatic carbocycles. The lowest BCUT2D eigenvalue weighted by Gasteiger charge is -2.12. The number of nitrogens with one attached hydrogen (secondary N) is 1. The van der Waals surface area contributed by atoms with Crippen LogP contribution in [0.2, 0.25) is 0 Å². The molecule has 0 fully saturated rings. The van der Waals surface area contributed by atoms with Crippen LogP contribution in [0.25, 0.3) is 6.08 Å². The molecule has 0 aliphatic rings. The molecule has 78 valence electrons. The van der Waals surface area contributed by atoms with E-state index in [9.17, 15) is 0 Å². The van der Waals surface area contributed by atoms with E-state index in [-0.39, 0.29) is 0 Å². The zero-order valence-electron chi connectivity index (χ0n) is 9.29. The topological polar surface area (TPSA) is 24.9 Å². The van der Waals surface area contributed by atoms with Gasteiger partial charge in [0.1, 0.15) is 0 Å². The Bertz CT molecular complexity index is 315. The molecule has 1 aromatic rings. The van der Waals surface area contributed by atoms with E-state index in [1.165, 1.54) is 10.5 Å². The Morgan fingerprint density at radius 2 is 2.43 bits per heavy atom. The van der Waals surface area contributed by atoms with Crippen molar-refractivity contribution < 1.29 is 0 Å². The second kappa shape index (κ2) is 5.27. The minimum absolute atomic E-state index is 0.446. The number of hydrogen-bond donors (Lipinski definition) is 1. The number of likely N-dealkylation sites (N-methyl/N-ethyl adjacent to an activating group) is 1. The molecule has 1 unspecified atom stereocenters. The lowest BCUT2D eigenvalue weighted by molar-refractivity contribution is 0.636. The van der Waals surface area contributed by atoms with Gasteiger partial charge in [-0.25, -0.2) is 4.98 Å². The molecule has 0 saturated heterocycles. The van der Waals surface area contributed by atoms with Crippen molar-refractivity contribution in [3.8, 4) is 0 Å². The molecule has 0 saturated carbocycles. The first kappa shape index (κ1) is 11.4. The summed E-state index contributed by atoms with van der Waals surface area (Å²) < 4.78 is 0. The summed E-state index contributed by atoms with van der Waals surface area (Å²) in [6.45, 7) is 9.53. The first-order valence-electron chi connectivity index (χ1n) is 4.96. The van der Waals surface area contributed by atoms with Crippen LogP contribution in [-0.4, -0.2) is 17.6 Å². The average Bonchev–Trinajstić information content (AvgIpc) is 2.52. The van der Waals surface area contributed by atoms with Crippen LogP contribution in [0.3, 0.4) is 0 Å². The molecule has 3 heteroatoms. The summed E-state index contributed by atoms with van der Waals surface area (Å²) >= 11 is 1.70. The van der Waals surface area contributed by atoms with E-state index in [1.54, 1.807) is 11.3 Å². The number of aryl methyl sites for hydroxylation is 1. The van der Waals surface area contributed by atoms with Gasteiger partial charge in [0.25, 0.3) is 0 Å². The van der Waals surface area contributed by atoms with Gasteiger partial charge in [0, 0.05) is 10.9 Å². The highest BCUT2D eigenvalue weighted by Crippen LogP contribution is 2.17. The van der Waals surface area contributed by atoms with Gasteiger partial charge < -0.3 is 5.32 Å². The lowest BCUT2D eigenvalue weighted by atomic mass is 10.1.